The molecule has 0 heterocycles. The van der Waals surface area contributed by atoms with Gasteiger partial charge >= 0.3 is 0 Å². The second kappa shape index (κ2) is 7.85. The van der Waals surface area contributed by atoms with E-state index < -0.39 is 0 Å². The Hall–Kier alpha value is -2.00. The number of nitrogens with one attached hydrogen (secondary N) is 1. The van der Waals surface area contributed by atoms with E-state index in [9.17, 15) is 4.79 Å². The van der Waals surface area contributed by atoms with E-state index in [2.05, 4.69) is 17.4 Å². The van der Waals surface area contributed by atoms with Gasteiger partial charge in [-0.2, -0.15) is 0 Å². The van der Waals surface area contributed by atoms with Gasteiger partial charge in [-0.3, -0.25) is 4.79 Å². The van der Waals surface area contributed by atoms with Crippen LogP contribution in [0.15, 0.2) is 54.6 Å². The van der Waals surface area contributed by atoms with Gasteiger partial charge in [-0.25, -0.2) is 0 Å². The molecular formula is C18H23ClN2O. The van der Waals surface area contributed by atoms with Crippen molar-refractivity contribution in [3.05, 3.63) is 65.7 Å². The predicted octanol–water partition coefficient (Wildman–Crippen LogP) is 3.83. The molecule has 2 aromatic carbocycles. The van der Waals surface area contributed by atoms with Gasteiger partial charge in [0.25, 0.3) is 5.91 Å². The highest BCUT2D eigenvalue weighted by molar-refractivity contribution is 5.94. The summed E-state index contributed by atoms with van der Waals surface area (Å²) in [7, 11) is 0. The Bertz CT molecular complexity index is 594. The van der Waals surface area contributed by atoms with Crippen molar-refractivity contribution in [3.63, 3.8) is 0 Å². The monoisotopic (exact) mass is 318 g/mol. The number of rotatable bonds is 5. The van der Waals surface area contributed by atoms with Crippen molar-refractivity contribution in [1.29, 1.82) is 0 Å². The molecule has 0 unspecified atom stereocenters. The van der Waals surface area contributed by atoms with Gasteiger partial charge in [0.2, 0.25) is 0 Å². The number of halogens is 1. The average molecular weight is 319 g/mol. The smallest absolute Gasteiger partial charge is 0.251 e. The molecule has 0 bridgehead atoms. The van der Waals surface area contributed by atoms with Gasteiger partial charge in [0, 0.05) is 16.8 Å². The van der Waals surface area contributed by atoms with E-state index in [1.165, 1.54) is 5.56 Å². The summed E-state index contributed by atoms with van der Waals surface area (Å²) in [6, 6.07) is 17.3. The van der Waals surface area contributed by atoms with Crippen molar-refractivity contribution < 1.29 is 4.79 Å². The van der Waals surface area contributed by atoms with Crippen LogP contribution in [0.4, 0.5) is 5.69 Å². The van der Waals surface area contributed by atoms with Crippen molar-refractivity contribution in [2.45, 2.75) is 32.2 Å². The minimum atomic E-state index is -0.256. The third-order valence-corrected chi connectivity index (χ3v) is 3.51. The number of benzene rings is 2. The van der Waals surface area contributed by atoms with Gasteiger partial charge in [-0.05, 0) is 56.5 Å². The highest BCUT2D eigenvalue weighted by Crippen LogP contribution is 2.15. The standard InChI is InChI=1S/C18H22N2O.ClH/c1-18(2,13-12-14-6-4-3-5-7-14)20-17(21)15-8-10-16(19)11-9-15;/h3-11H,12-13,19H2,1-2H3,(H,20,21);1H. The van der Waals surface area contributed by atoms with E-state index >= 15 is 0 Å². The van der Waals surface area contributed by atoms with Gasteiger partial charge in [0.15, 0.2) is 0 Å². The zero-order valence-corrected chi connectivity index (χ0v) is 13.8. The molecule has 0 saturated carbocycles. The lowest BCUT2D eigenvalue weighted by Gasteiger charge is -2.26. The number of carbonyl (C=O) groups is 1. The summed E-state index contributed by atoms with van der Waals surface area (Å²) in [4.78, 5) is 12.2. The van der Waals surface area contributed by atoms with Crippen molar-refractivity contribution in [3.8, 4) is 0 Å². The van der Waals surface area contributed by atoms with Crippen LogP contribution >= 0.6 is 12.4 Å². The molecule has 1 amide bonds. The predicted molar refractivity (Wildman–Crippen MR) is 94.4 cm³/mol. The van der Waals surface area contributed by atoms with Crippen LogP contribution in [0.25, 0.3) is 0 Å². The van der Waals surface area contributed by atoms with Crippen molar-refractivity contribution in [2.75, 3.05) is 5.73 Å². The first kappa shape index (κ1) is 18.1. The Kier molecular flexibility index (Phi) is 6.44. The molecular weight excluding hydrogens is 296 g/mol. The highest BCUT2D eigenvalue weighted by Gasteiger charge is 2.20. The number of hydrogen-bond donors (Lipinski definition) is 2. The molecule has 3 N–H and O–H groups in total. The normalized spacial score (nSPS) is 10.6. The Morgan fingerprint density at radius 3 is 2.23 bits per heavy atom. The van der Waals surface area contributed by atoms with Gasteiger partial charge in [-0.1, -0.05) is 30.3 Å². The fraction of sp³-hybridized carbons (Fsp3) is 0.278. The first-order chi connectivity index (χ1) is 9.96. The molecule has 0 spiro atoms. The summed E-state index contributed by atoms with van der Waals surface area (Å²) < 4.78 is 0. The second-order valence-corrected chi connectivity index (χ2v) is 5.95. The number of hydrogen-bond acceptors (Lipinski definition) is 2. The molecule has 4 heteroatoms. The second-order valence-electron chi connectivity index (χ2n) is 5.95. The van der Waals surface area contributed by atoms with Gasteiger partial charge in [0.05, 0.1) is 0 Å². The van der Waals surface area contributed by atoms with E-state index in [4.69, 9.17) is 5.73 Å². The molecule has 0 radical (unpaired) electrons. The minimum Gasteiger partial charge on any atom is -0.399 e. The molecule has 0 atom stereocenters. The van der Waals surface area contributed by atoms with Crippen molar-refractivity contribution in [1.82, 2.24) is 5.32 Å². The maximum absolute atomic E-state index is 12.2. The van der Waals surface area contributed by atoms with E-state index in [0.717, 1.165) is 12.8 Å². The van der Waals surface area contributed by atoms with Crippen LogP contribution in [0, 0.1) is 0 Å². The Balaban J connectivity index is 0.00000242. The van der Waals surface area contributed by atoms with Crippen molar-refractivity contribution >= 4 is 24.0 Å². The SMILES string of the molecule is CC(C)(CCc1ccccc1)NC(=O)c1ccc(N)cc1.Cl. The lowest BCUT2D eigenvalue weighted by atomic mass is 9.95. The molecule has 0 aliphatic rings. The minimum absolute atomic E-state index is 0. The average Bonchev–Trinajstić information content (AvgIpc) is 2.46. The summed E-state index contributed by atoms with van der Waals surface area (Å²) in [6.45, 7) is 4.09. The lowest BCUT2D eigenvalue weighted by Crippen LogP contribution is -2.43. The largest absolute Gasteiger partial charge is 0.399 e. The number of aryl methyl sites for hydroxylation is 1. The van der Waals surface area contributed by atoms with Gasteiger partial charge in [0.1, 0.15) is 0 Å². The van der Waals surface area contributed by atoms with Crippen molar-refractivity contribution in [2.24, 2.45) is 0 Å². The van der Waals surface area contributed by atoms with E-state index in [1.807, 2.05) is 32.0 Å². The molecule has 0 fully saturated rings. The summed E-state index contributed by atoms with van der Waals surface area (Å²) >= 11 is 0. The molecule has 3 nitrogen and oxygen atoms in total. The van der Waals surface area contributed by atoms with Gasteiger partial charge < -0.3 is 11.1 Å². The van der Waals surface area contributed by atoms with Crippen LogP contribution in [-0.4, -0.2) is 11.4 Å². The third kappa shape index (κ3) is 5.41. The molecule has 2 rings (SSSR count). The number of anilines is 1. The molecule has 118 valence electrons. The Labute approximate surface area is 138 Å². The number of carbonyl (C=O) groups excluding carboxylic acids is 1. The Morgan fingerprint density at radius 1 is 1.05 bits per heavy atom. The van der Waals surface area contributed by atoms with Crippen LogP contribution in [0.1, 0.15) is 36.2 Å². The zero-order valence-electron chi connectivity index (χ0n) is 13.0. The van der Waals surface area contributed by atoms with Gasteiger partial charge in [-0.15, -0.1) is 12.4 Å². The topological polar surface area (TPSA) is 55.1 Å². The van der Waals surface area contributed by atoms with Crippen LogP contribution in [0.2, 0.25) is 0 Å². The molecule has 22 heavy (non-hydrogen) atoms. The summed E-state index contributed by atoms with van der Waals surface area (Å²) in [5.41, 5.74) is 7.96. The fourth-order valence-electron chi connectivity index (χ4n) is 2.18. The summed E-state index contributed by atoms with van der Waals surface area (Å²) in [6.07, 6.45) is 1.83. The molecule has 0 aliphatic heterocycles. The van der Waals surface area contributed by atoms with Crippen LogP contribution in [0.5, 0.6) is 0 Å². The van der Waals surface area contributed by atoms with Crippen LogP contribution in [-0.2, 0) is 6.42 Å². The number of amides is 1. The van der Waals surface area contributed by atoms with E-state index in [1.54, 1.807) is 24.3 Å². The van der Waals surface area contributed by atoms with Crippen LogP contribution < -0.4 is 11.1 Å². The quantitative estimate of drug-likeness (QED) is 0.823. The molecule has 0 saturated heterocycles. The molecule has 0 aromatic heterocycles. The Morgan fingerprint density at radius 2 is 1.64 bits per heavy atom. The maximum Gasteiger partial charge on any atom is 0.251 e. The fourth-order valence-corrected chi connectivity index (χ4v) is 2.18. The van der Waals surface area contributed by atoms with E-state index in [0.29, 0.717) is 11.3 Å². The number of nitrogen functional groups attached to an aromatic ring is 1. The van der Waals surface area contributed by atoms with Crippen LogP contribution in [0.3, 0.4) is 0 Å². The lowest BCUT2D eigenvalue weighted by molar-refractivity contribution is 0.0909. The summed E-state index contributed by atoms with van der Waals surface area (Å²) in [5, 5.41) is 3.08. The molecule has 0 aliphatic carbocycles. The van der Waals surface area contributed by atoms with E-state index in [-0.39, 0.29) is 23.9 Å². The first-order valence-corrected chi connectivity index (χ1v) is 7.18. The molecule has 2 aromatic rings. The number of nitrogens with two attached hydrogens (primary N) is 1. The maximum atomic E-state index is 12.2. The highest BCUT2D eigenvalue weighted by atomic mass is 35.5. The summed E-state index contributed by atoms with van der Waals surface area (Å²) in [5.74, 6) is -0.0620. The first-order valence-electron chi connectivity index (χ1n) is 7.18. The zero-order chi connectivity index (χ0) is 15.3. The third-order valence-electron chi connectivity index (χ3n) is 3.51.